The zero-order chi connectivity index (χ0) is 19.1. The average molecular weight is 410 g/mol. The molecular weight excluding hydrogens is 389 g/mol. The molecule has 3 aromatic rings. The van der Waals surface area contributed by atoms with E-state index in [2.05, 4.69) is 15.3 Å². The first-order valence-corrected chi connectivity index (χ1v) is 8.48. The Labute approximate surface area is 167 Å². The van der Waals surface area contributed by atoms with Gasteiger partial charge in [-0.1, -0.05) is 29.8 Å². The second-order valence-electron chi connectivity index (χ2n) is 6.71. The number of nitrogen functional groups attached to an aromatic ring is 1. The van der Waals surface area contributed by atoms with E-state index < -0.39 is 11.2 Å². The predicted molar refractivity (Wildman–Crippen MR) is 111 cm³/mol. The van der Waals surface area contributed by atoms with Gasteiger partial charge in [0.15, 0.2) is 5.65 Å². The van der Waals surface area contributed by atoms with E-state index in [1.165, 1.54) is 0 Å². The summed E-state index contributed by atoms with van der Waals surface area (Å²) in [5.41, 5.74) is -0.121. The third-order valence-corrected chi connectivity index (χ3v) is 4.67. The first kappa shape index (κ1) is 21.0. The van der Waals surface area contributed by atoms with Crippen molar-refractivity contribution in [2.24, 2.45) is 0 Å². The van der Waals surface area contributed by atoms with Crippen LogP contribution < -0.4 is 16.7 Å². The van der Waals surface area contributed by atoms with Crippen molar-refractivity contribution in [3.63, 3.8) is 0 Å². The Kier molecular flexibility index (Phi) is 5.99. The van der Waals surface area contributed by atoms with E-state index in [4.69, 9.17) is 17.4 Å². The molecule has 0 fully saturated rings. The summed E-state index contributed by atoms with van der Waals surface area (Å²) in [5, 5.41) is 14.1. The topological polar surface area (TPSA) is 106 Å². The van der Waals surface area contributed by atoms with E-state index in [-0.39, 0.29) is 30.0 Å². The molecule has 0 aliphatic carbocycles. The summed E-state index contributed by atoms with van der Waals surface area (Å²) in [6.45, 7) is 5.17. The molecule has 0 aliphatic heterocycles. The van der Waals surface area contributed by atoms with Gasteiger partial charge in [0.25, 0.3) is 5.56 Å². The van der Waals surface area contributed by atoms with Gasteiger partial charge in [-0.25, -0.2) is 9.66 Å². The highest BCUT2D eigenvalue weighted by Gasteiger charge is 2.23. The van der Waals surface area contributed by atoms with Gasteiger partial charge in [-0.05, 0) is 32.9 Å². The number of anilines is 1. The number of pyridine rings is 1. The lowest BCUT2D eigenvalue weighted by molar-refractivity contribution is 0.0646. The van der Waals surface area contributed by atoms with Crippen LogP contribution in [-0.2, 0) is 0 Å². The smallest absolute Gasteiger partial charge is 0.278 e. The van der Waals surface area contributed by atoms with Gasteiger partial charge in [0.1, 0.15) is 0 Å². The number of nitrogens with one attached hydrogen (secondary N) is 1. The monoisotopic (exact) mass is 409 g/mol. The Morgan fingerprint density at radius 2 is 1.96 bits per heavy atom. The molecule has 4 N–H and O–H groups in total. The van der Waals surface area contributed by atoms with Crippen LogP contribution in [0, 0.1) is 0 Å². The maximum absolute atomic E-state index is 12.7. The summed E-state index contributed by atoms with van der Waals surface area (Å²) in [5.74, 6) is 6.26. The fourth-order valence-electron chi connectivity index (χ4n) is 2.43. The Morgan fingerprint density at radius 3 is 2.59 bits per heavy atom. The van der Waals surface area contributed by atoms with Crippen LogP contribution in [0.5, 0.6) is 0 Å². The van der Waals surface area contributed by atoms with Crippen molar-refractivity contribution in [1.29, 1.82) is 0 Å². The van der Waals surface area contributed by atoms with Crippen molar-refractivity contribution in [2.75, 3.05) is 11.2 Å². The van der Waals surface area contributed by atoms with E-state index in [9.17, 15) is 9.90 Å². The number of aliphatic hydroxyl groups is 1. The molecule has 7 nitrogen and oxygen atoms in total. The highest BCUT2D eigenvalue weighted by atomic mass is 35.5. The van der Waals surface area contributed by atoms with Crippen LogP contribution in [-0.4, -0.2) is 31.4 Å². The summed E-state index contributed by atoms with van der Waals surface area (Å²) in [6.07, 6.45) is 1.57. The standard InChI is InChI=1S/C18H20ClN5O2.ClH/c1-10(18(2,3)26)22-17-21-9-11-8-13(12-6-4-5-7-14(12)19)16(25)24(20)15(11)23-17;/h4-10,26H,20H2,1-3H3,(H,21,22,23);1H. The highest BCUT2D eigenvalue weighted by Crippen LogP contribution is 2.26. The molecule has 1 aromatic carbocycles. The minimum atomic E-state index is -0.964. The lowest BCUT2D eigenvalue weighted by atomic mass is 10.0. The molecule has 1 unspecified atom stereocenters. The van der Waals surface area contributed by atoms with E-state index in [1.807, 2.05) is 6.92 Å². The quantitative estimate of drug-likeness (QED) is 0.572. The first-order chi connectivity index (χ1) is 12.2. The lowest BCUT2D eigenvalue weighted by Crippen LogP contribution is -2.40. The van der Waals surface area contributed by atoms with E-state index in [0.29, 0.717) is 21.5 Å². The van der Waals surface area contributed by atoms with Crippen molar-refractivity contribution >= 4 is 41.0 Å². The van der Waals surface area contributed by atoms with Crippen molar-refractivity contribution in [2.45, 2.75) is 32.4 Å². The van der Waals surface area contributed by atoms with Gasteiger partial charge in [0, 0.05) is 22.2 Å². The molecule has 0 amide bonds. The van der Waals surface area contributed by atoms with Crippen LogP contribution in [0.3, 0.4) is 0 Å². The molecule has 0 aliphatic rings. The average Bonchev–Trinajstić information content (AvgIpc) is 2.58. The lowest BCUT2D eigenvalue weighted by Gasteiger charge is -2.26. The molecule has 0 saturated heterocycles. The Balaban J connectivity index is 0.00000261. The van der Waals surface area contributed by atoms with Crippen LogP contribution in [0.25, 0.3) is 22.2 Å². The highest BCUT2D eigenvalue weighted by molar-refractivity contribution is 6.33. The van der Waals surface area contributed by atoms with Crippen LogP contribution in [0.15, 0.2) is 41.3 Å². The largest absolute Gasteiger partial charge is 0.388 e. The number of aromatic nitrogens is 3. The minimum absolute atomic E-state index is 0. The summed E-state index contributed by atoms with van der Waals surface area (Å²) in [6, 6.07) is 8.42. The molecule has 27 heavy (non-hydrogen) atoms. The third-order valence-electron chi connectivity index (χ3n) is 4.34. The molecule has 144 valence electrons. The molecule has 9 heteroatoms. The summed E-state index contributed by atoms with van der Waals surface area (Å²) in [4.78, 5) is 21.3. The Bertz CT molecular complexity index is 1030. The Morgan fingerprint density at radius 1 is 1.30 bits per heavy atom. The normalized spacial score (nSPS) is 12.5. The molecule has 0 radical (unpaired) electrons. The molecule has 2 heterocycles. The number of fused-ring (bicyclic) bond motifs is 1. The second kappa shape index (κ2) is 7.72. The van der Waals surface area contributed by atoms with Crippen LogP contribution in [0.1, 0.15) is 20.8 Å². The zero-order valence-electron chi connectivity index (χ0n) is 15.1. The summed E-state index contributed by atoms with van der Waals surface area (Å²) in [7, 11) is 0. The molecule has 2 aromatic heterocycles. The number of benzene rings is 1. The number of hydrogen-bond acceptors (Lipinski definition) is 6. The maximum Gasteiger partial charge on any atom is 0.278 e. The summed E-state index contributed by atoms with van der Waals surface area (Å²) < 4.78 is 0.982. The van der Waals surface area contributed by atoms with Crippen LogP contribution >= 0.6 is 24.0 Å². The number of nitrogens with two attached hydrogens (primary N) is 1. The van der Waals surface area contributed by atoms with Gasteiger partial charge in [-0.15, -0.1) is 12.4 Å². The van der Waals surface area contributed by atoms with Gasteiger partial charge in [0.2, 0.25) is 5.95 Å². The van der Waals surface area contributed by atoms with Gasteiger partial charge in [-0.2, -0.15) is 4.98 Å². The third kappa shape index (κ3) is 4.16. The molecule has 3 rings (SSSR count). The van der Waals surface area contributed by atoms with Crippen molar-refractivity contribution in [1.82, 2.24) is 14.6 Å². The molecule has 0 spiro atoms. The van der Waals surface area contributed by atoms with E-state index in [0.717, 1.165) is 4.68 Å². The van der Waals surface area contributed by atoms with Gasteiger partial charge in [0.05, 0.1) is 17.2 Å². The van der Waals surface area contributed by atoms with Gasteiger partial charge < -0.3 is 16.3 Å². The Hall–Kier alpha value is -2.35. The number of nitrogens with zero attached hydrogens (tertiary/aromatic N) is 3. The predicted octanol–water partition coefficient (Wildman–Crippen LogP) is 2.82. The number of halogens is 2. The maximum atomic E-state index is 12.7. The fourth-order valence-corrected chi connectivity index (χ4v) is 2.67. The molecule has 1 atom stereocenters. The first-order valence-electron chi connectivity index (χ1n) is 8.10. The van der Waals surface area contributed by atoms with E-state index >= 15 is 0 Å². The minimum Gasteiger partial charge on any atom is -0.388 e. The van der Waals surface area contributed by atoms with Crippen molar-refractivity contribution < 1.29 is 5.11 Å². The SMILES string of the molecule is CC(Nc1ncc2cc(-c3ccccc3Cl)c(=O)n(N)c2n1)C(C)(C)O.Cl. The fraction of sp³-hybridized carbons (Fsp3) is 0.278. The molecule has 0 saturated carbocycles. The van der Waals surface area contributed by atoms with Crippen molar-refractivity contribution in [3.05, 3.63) is 51.9 Å². The van der Waals surface area contributed by atoms with Gasteiger partial charge in [-0.3, -0.25) is 4.79 Å². The second-order valence-corrected chi connectivity index (χ2v) is 7.11. The number of rotatable bonds is 4. The van der Waals surface area contributed by atoms with Gasteiger partial charge >= 0.3 is 0 Å². The number of hydrogen-bond donors (Lipinski definition) is 3. The van der Waals surface area contributed by atoms with Crippen LogP contribution in [0.4, 0.5) is 5.95 Å². The molecular formula is C18H21Cl2N5O2. The van der Waals surface area contributed by atoms with Crippen molar-refractivity contribution in [3.8, 4) is 11.1 Å². The van der Waals surface area contributed by atoms with Crippen LogP contribution in [0.2, 0.25) is 5.02 Å². The van der Waals surface area contributed by atoms with E-state index in [1.54, 1.807) is 50.4 Å². The zero-order valence-corrected chi connectivity index (χ0v) is 16.7. The summed E-state index contributed by atoms with van der Waals surface area (Å²) >= 11 is 6.21. The molecule has 0 bridgehead atoms.